The first-order chi connectivity index (χ1) is 7.20. The average Bonchev–Trinajstić information content (AvgIpc) is 2.75. The van der Waals surface area contributed by atoms with Gasteiger partial charge in [0, 0.05) is 17.7 Å². The van der Waals surface area contributed by atoms with Gasteiger partial charge in [0.2, 0.25) is 0 Å². The van der Waals surface area contributed by atoms with Crippen LogP contribution in [0.2, 0.25) is 0 Å². The molecule has 0 atom stereocenters. The molecule has 0 saturated heterocycles. The minimum Gasteiger partial charge on any atom is -0.457 e. The third-order valence-corrected chi connectivity index (χ3v) is 2.40. The minimum atomic E-state index is 0.0143. The van der Waals surface area contributed by atoms with Crippen molar-refractivity contribution in [2.75, 3.05) is 12.3 Å². The van der Waals surface area contributed by atoms with E-state index in [2.05, 4.69) is 21.0 Å². The monoisotopic (exact) mass is 271 g/mol. The number of aliphatic hydroxyl groups is 1. The van der Waals surface area contributed by atoms with Gasteiger partial charge in [-0.15, -0.1) is 0 Å². The van der Waals surface area contributed by atoms with Crippen molar-refractivity contribution in [2.24, 2.45) is 0 Å². The summed E-state index contributed by atoms with van der Waals surface area (Å²) in [7, 11) is 0. The van der Waals surface area contributed by atoms with Crippen LogP contribution in [0.4, 0.5) is 5.82 Å². The van der Waals surface area contributed by atoms with E-state index < -0.39 is 0 Å². The largest absolute Gasteiger partial charge is 0.457 e. The number of hydrogen-bond donors (Lipinski definition) is 2. The second-order valence-corrected chi connectivity index (χ2v) is 3.82. The first-order valence-corrected chi connectivity index (χ1v) is 5.18. The fourth-order valence-electron chi connectivity index (χ4n) is 1.29. The molecule has 5 nitrogen and oxygen atoms in total. The molecule has 2 aromatic heterocycles. The molecule has 0 radical (unpaired) electrons. The van der Waals surface area contributed by atoms with E-state index in [-0.39, 0.29) is 6.61 Å². The Bertz CT molecular complexity index is 464. The Morgan fingerprint density at radius 1 is 1.53 bits per heavy atom. The van der Waals surface area contributed by atoms with Crippen molar-refractivity contribution in [3.63, 3.8) is 0 Å². The van der Waals surface area contributed by atoms with E-state index in [0.717, 1.165) is 11.3 Å². The lowest BCUT2D eigenvalue weighted by Crippen LogP contribution is -2.07. The Kier molecular flexibility index (Phi) is 2.79. The first-order valence-electron chi connectivity index (χ1n) is 4.39. The van der Waals surface area contributed by atoms with Crippen LogP contribution in [-0.2, 0) is 6.54 Å². The lowest BCUT2D eigenvalue weighted by molar-refractivity contribution is 0.270. The molecule has 3 N–H and O–H groups in total. The molecule has 0 spiro atoms. The highest BCUT2D eigenvalue weighted by Crippen LogP contribution is 2.25. The van der Waals surface area contributed by atoms with Gasteiger partial charge in [0.05, 0.1) is 18.8 Å². The van der Waals surface area contributed by atoms with Gasteiger partial charge in [-0.2, -0.15) is 5.10 Å². The highest BCUT2D eigenvalue weighted by molar-refractivity contribution is 9.10. The van der Waals surface area contributed by atoms with Gasteiger partial charge in [0.25, 0.3) is 0 Å². The van der Waals surface area contributed by atoms with Crippen LogP contribution in [0.25, 0.3) is 11.3 Å². The number of furan rings is 1. The third kappa shape index (κ3) is 2.05. The summed E-state index contributed by atoms with van der Waals surface area (Å²) in [5.74, 6) is 0.524. The predicted octanol–water partition coefficient (Wildman–Crippen LogP) is 1.48. The summed E-state index contributed by atoms with van der Waals surface area (Å²) in [4.78, 5) is 0. The SMILES string of the molecule is Nc1cc(-c2coc(Br)c2)nn1CCO. The van der Waals surface area contributed by atoms with Gasteiger partial charge in [-0.25, -0.2) is 4.68 Å². The van der Waals surface area contributed by atoms with E-state index in [4.69, 9.17) is 15.3 Å². The summed E-state index contributed by atoms with van der Waals surface area (Å²) in [5, 5.41) is 13.0. The molecule has 0 aliphatic rings. The quantitative estimate of drug-likeness (QED) is 0.887. The molecule has 80 valence electrons. The Balaban J connectivity index is 2.33. The number of nitrogens with two attached hydrogens (primary N) is 1. The molecule has 0 saturated carbocycles. The maximum atomic E-state index is 8.79. The number of nitrogens with zero attached hydrogens (tertiary/aromatic N) is 2. The van der Waals surface area contributed by atoms with E-state index in [1.54, 1.807) is 17.0 Å². The number of hydrogen-bond acceptors (Lipinski definition) is 4. The maximum absolute atomic E-state index is 8.79. The number of anilines is 1. The van der Waals surface area contributed by atoms with Crippen molar-refractivity contribution in [2.45, 2.75) is 6.54 Å². The zero-order valence-corrected chi connectivity index (χ0v) is 9.44. The van der Waals surface area contributed by atoms with Crippen molar-refractivity contribution in [1.82, 2.24) is 9.78 Å². The molecule has 0 aromatic carbocycles. The molecule has 2 heterocycles. The van der Waals surface area contributed by atoms with Crippen molar-refractivity contribution < 1.29 is 9.52 Å². The van der Waals surface area contributed by atoms with Gasteiger partial charge in [-0.05, 0) is 15.9 Å². The van der Waals surface area contributed by atoms with Gasteiger partial charge in [-0.3, -0.25) is 0 Å². The topological polar surface area (TPSA) is 77.2 Å². The van der Waals surface area contributed by atoms with Gasteiger partial charge in [0.15, 0.2) is 4.67 Å². The number of rotatable bonds is 3. The first kappa shape index (κ1) is 10.3. The summed E-state index contributed by atoms with van der Waals surface area (Å²) in [6.07, 6.45) is 1.59. The lowest BCUT2D eigenvalue weighted by atomic mass is 10.2. The molecular weight excluding hydrogens is 262 g/mol. The van der Waals surface area contributed by atoms with Gasteiger partial charge in [0.1, 0.15) is 12.1 Å². The Labute approximate surface area is 94.6 Å². The Hall–Kier alpha value is -1.27. The summed E-state index contributed by atoms with van der Waals surface area (Å²) in [6, 6.07) is 3.55. The van der Waals surface area contributed by atoms with Crippen LogP contribution < -0.4 is 5.73 Å². The standard InChI is InChI=1S/C9H10BrN3O2/c10-8-3-6(5-15-8)7-4-9(11)13(12-7)1-2-14/h3-5,14H,1-2,11H2. The minimum absolute atomic E-state index is 0.0143. The number of halogens is 1. The molecule has 0 bridgehead atoms. The molecule has 0 fully saturated rings. The molecule has 0 amide bonds. The Morgan fingerprint density at radius 2 is 2.33 bits per heavy atom. The van der Waals surface area contributed by atoms with Crippen LogP contribution in [0.5, 0.6) is 0 Å². The molecular formula is C9H10BrN3O2. The fourth-order valence-corrected chi connectivity index (χ4v) is 1.63. The Morgan fingerprint density at radius 3 is 2.93 bits per heavy atom. The van der Waals surface area contributed by atoms with Gasteiger partial charge < -0.3 is 15.3 Å². The molecule has 2 rings (SSSR count). The zero-order chi connectivity index (χ0) is 10.8. The van der Waals surface area contributed by atoms with E-state index in [1.807, 2.05) is 6.07 Å². The zero-order valence-electron chi connectivity index (χ0n) is 7.85. The second kappa shape index (κ2) is 4.08. The van der Waals surface area contributed by atoms with Crippen LogP contribution >= 0.6 is 15.9 Å². The van der Waals surface area contributed by atoms with Crippen molar-refractivity contribution >= 4 is 21.7 Å². The van der Waals surface area contributed by atoms with Crippen LogP contribution in [0.15, 0.2) is 27.5 Å². The van der Waals surface area contributed by atoms with Crippen LogP contribution in [0, 0.1) is 0 Å². The normalized spacial score (nSPS) is 10.8. The fraction of sp³-hybridized carbons (Fsp3) is 0.222. The van der Waals surface area contributed by atoms with E-state index in [9.17, 15) is 0 Å². The van der Waals surface area contributed by atoms with Crippen molar-refractivity contribution in [1.29, 1.82) is 0 Å². The molecule has 2 aromatic rings. The highest BCUT2D eigenvalue weighted by Gasteiger charge is 2.09. The van der Waals surface area contributed by atoms with Crippen molar-refractivity contribution in [3.8, 4) is 11.3 Å². The molecule has 0 aliphatic carbocycles. The van der Waals surface area contributed by atoms with Gasteiger partial charge in [-0.1, -0.05) is 0 Å². The van der Waals surface area contributed by atoms with E-state index in [0.29, 0.717) is 17.0 Å². The van der Waals surface area contributed by atoms with Crippen molar-refractivity contribution in [3.05, 3.63) is 23.1 Å². The molecule has 0 unspecified atom stereocenters. The average molecular weight is 272 g/mol. The van der Waals surface area contributed by atoms with E-state index in [1.165, 1.54) is 0 Å². The van der Waals surface area contributed by atoms with Crippen LogP contribution in [0.1, 0.15) is 0 Å². The smallest absolute Gasteiger partial charge is 0.169 e. The summed E-state index contributed by atoms with van der Waals surface area (Å²) >= 11 is 3.21. The van der Waals surface area contributed by atoms with E-state index >= 15 is 0 Å². The number of nitrogen functional groups attached to an aromatic ring is 1. The number of aromatic nitrogens is 2. The molecule has 6 heteroatoms. The molecule has 15 heavy (non-hydrogen) atoms. The van der Waals surface area contributed by atoms with Gasteiger partial charge >= 0.3 is 0 Å². The lowest BCUT2D eigenvalue weighted by Gasteiger charge is -1.98. The summed E-state index contributed by atoms with van der Waals surface area (Å²) < 4.78 is 7.30. The summed E-state index contributed by atoms with van der Waals surface area (Å²) in [6.45, 7) is 0.408. The highest BCUT2D eigenvalue weighted by atomic mass is 79.9. The third-order valence-electron chi connectivity index (χ3n) is 1.99. The maximum Gasteiger partial charge on any atom is 0.169 e. The predicted molar refractivity (Wildman–Crippen MR) is 59.1 cm³/mol. The van der Waals surface area contributed by atoms with Crippen LogP contribution in [0.3, 0.4) is 0 Å². The van der Waals surface area contributed by atoms with Crippen LogP contribution in [-0.4, -0.2) is 21.5 Å². The molecule has 0 aliphatic heterocycles. The number of aliphatic hydroxyl groups excluding tert-OH is 1. The summed E-state index contributed by atoms with van der Waals surface area (Å²) in [5.41, 5.74) is 7.30. The second-order valence-electron chi connectivity index (χ2n) is 3.04.